The van der Waals surface area contributed by atoms with E-state index in [1.807, 2.05) is 0 Å². The fraction of sp³-hybridized carbons (Fsp3) is 0.0933. The Balaban J connectivity index is 0.943. The van der Waals surface area contributed by atoms with E-state index in [1.54, 1.807) is 0 Å². The molecule has 0 saturated heterocycles. The summed E-state index contributed by atoms with van der Waals surface area (Å²) in [5.41, 5.74) is 20.3. The van der Waals surface area contributed by atoms with Gasteiger partial charge < -0.3 is 14.2 Å². The molecule has 3 heteroatoms. The van der Waals surface area contributed by atoms with Crippen molar-refractivity contribution in [3.63, 3.8) is 0 Å². The summed E-state index contributed by atoms with van der Waals surface area (Å²) in [4.78, 5) is 4.87. The number of rotatable bonds is 11. The van der Waals surface area contributed by atoms with Gasteiger partial charge in [0.05, 0.1) is 22.7 Å². The van der Waals surface area contributed by atoms with Crippen LogP contribution in [0.2, 0.25) is 0 Å². The van der Waals surface area contributed by atoms with E-state index in [0.29, 0.717) is 5.92 Å². The Morgan fingerprint density at radius 2 is 0.667 bits per heavy atom. The number of anilines is 6. The topological polar surface area (TPSA) is 19.6 Å². The number of benzene rings is 12. The number of para-hydroxylation sites is 4. The summed E-state index contributed by atoms with van der Waals surface area (Å²) in [7, 11) is 0. The standard InChI is InChI=1S/C75H60N2O/c1-50(2)51-32-34-54(35-33-51)65-26-14-18-30-71(65)76(69-28-16-12-24-63(69)52-20-8-6-9-21-52)61-42-38-56-46-67-68-47-57-39-43-62(45-59(57)49-74(68)78-73(67)48-58(56)44-61)77(70-29-17-13-25-64(70)53-22-10-7-11-23-53)72-31-19-15-27-66(72)55-36-40-60(41-37-55)75(3,4)5/h6-50H,1-5H3. The highest BCUT2D eigenvalue weighted by atomic mass is 16.3. The van der Waals surface area contributed by atoms with Gasteiger partial charge in [-0.1, -0.05) is 229 Å². The average Bonchev–Trinajstić information content (AvgIpc) is 3.99. The third-order valence-corrected chi connectivity index (χ3v) is 15.6. The third-order valence-electron chi connectivity index (χ3n) is 15.6. The number of furan rings is 1. The largest absolute Gasteiger partial charge is 0.456 e. The van der Waals surface area contributed by atoms with E-state index in [0.717, 1.165) is 111 Å². The van der Waals surface area contributed by atoms with E-state index in [2.05, 4.69) is 311 Å². The van der Waals surface area contributed by atoms with Crippen molar-refractivity contribution in [2.45, 2.75) is 46.0 Å². The Kier molecular flexibility index (Phi) is 12.3. The summed E-state index contributed by atoms with van der Waals surface area (Å²) in [6.45, 7) is 11.3. The van der Waals surface area contributed by atoms with Gasteiger partial charge in [-0.15, -0.1) is 0 Å². The maximum Gasteiger partial charge on any atom is 0.136 e. The van der Waals surface area contributed by atoms with Crippen LogP contribution in [0.15, 0.2) is 271 Å². The van der Waals surface area contributed by atoms with Gasteiger partial charge >= 0.3 is 0 Å². The molecule has 1 heterocycles. The molecule has 0 unspecified atom stereocenters. The first kappa shape index (κ1) is 48.2. The summed E-state index contributed by atoms with van der Waals surface area (Å²) in [5.74, 6) is 0.452. The number of hydrogen-bond donors (Lipinski definition) is 0. The second-order valence-electron chi connectivity index (χ2n) is 21.9. The Morgan fingerprint density at radius 1 is 0.321 bits per heavy atom. The van der Waals surface area contributed by atoms with Crippen molar-refractivity contribution in [1.29, 1.82) is 0 Å². The molecule has 0 atom stereocenters. The molecule has 78 heavy (non-hydrogen) atoms. The monoisotopic (exact) mass is 1000 g/mol. The molecule has 376 valence electrons. The van der Waals surface area contributed by atoms with Crippen LogP contribution in [0.1, 0.15) is 51.7 Å². The molecule has 0 fully saturated rings. The molecule has 0 aliphatic rings. The van der Waals surface area contributed by atoms with Crippen molar-refractivity contribution in [3.05, 3.63) is 278 Å². The van der Waals surface area contributed by atoms with E-state index in [4.69, 9.17) is 4.42 Å². The molecule has 12 aromatic carbocycles. The molecule has 0 saturated carbocycles. The van der Waals surface area contributed by atoms with Crippen LogP contribution in [-0.2, 0) is 5.41 Å². The predicted molar refractivity (Wildman–Crippen MR) is 333 cm³/mol. The van der Waals surface area contributed by atoms with Crippen molar-refractivity contribution in [3.8, 4) is 44.5 Å². The zero-order valence-electron chi connectivity index (χ0n) is 44.8. The minimum Gasteiger partial charge on any atom is -0.456 e. The highest BCUT2D eigenvalue weighted by molar-refractivity contribution is 6.14. The molecule has 1 aromatic heterocycles. The summed E-state index contributed by atoms with van der Waals surface area (Å²) in [6.07, 6.45) is 0. The molecular formula is C75H60N2O. The van der Waals surface area contributed by atoms with E-state index >= 15 is 0 Å². The SMILES string of the molecule is CC(C)c1ccc(-c2ccccc2N(c2ccc3cc4c(cc3c2)oc2cc3cc(N(c5ccccc5-c5ccccc5)c5ccccc5-c5ccc(C(C)(C)C)cc5)ccc3cc24)c2ccccc2-c2ccccc2)cc1. The smallest absolute Gasteiger partial charge is 0.136 e. The van der Waals surface area contributed by atoms with Gasteiger partial charge in [-0.05, 0) is 139 Å². The zero-order chi connectivity index (χ0) is 52.9. The minimum atomic E-state index is 0.0546. The normalized spacial score (nSPS) is 11.8. The van der Waals surface area contributed by atoms with Crippen molar-refractivity contribution in [2.75, 3.05) is 9.80 Å². The van der Waals surface area contributed by atoms with Crippen molar-refractivity contribution >= 4 is 77.6 Å². The highest BCUT2D eigenvalue weighted by Crippen LogP contribution is 2.48. The summed E-state index contributed by atoms with van der Waals surface area (Å²) >= 11 is 0. The van der Waals surface area contributed by atoms with Crippen molar-refractivity contribution in [1.82, 2.24) is 0 Å². The number of fused-ring (bicyclic) bond motifs is 5. The predicted octanol–water partition coefficient (Wildman–Crippen LogP) is 21.9. The van der Waals surface area contributed by atoms with Gasteiger partial charge in [-0.3, -0.25) is 0 Å². The molecule has 3 nitrogen and oxygen atoms in total. The Morgan fingerprint density at radius 3 is 1.04 bits per heavy atom. The van der Waals surface area contributed by atoms with Crippen LogP contribution >= 0.6 is 0 Å². The van der Waals surface area contributed by atoms with Crippen LogP contribution in [0.5, 0.6) is 0 Å². The molecule has 0 spiro atoms. The van der Waals surface area contributed by atoms with Gasteiger partial charge in [-0.25, -0.2) is 0 Å². The first-order valence-electron chi connectivity index (χ1n) is 27.3. The Labute approximate surface area is 457 Å². The van der Waals surface area contributed by atoms with Gasteiger partial charge in [0, 0.05) is 44.4 Å². The van der Waals surface area contributed by atoms with Crippen LogP contribution in [-0.4, -0.2) is 0 Å². The molecule has 0 radical (unpaired) electrons. The Bertz CT molecular complexity index is 4320. The average molecular weight is 1010 g/mol. The summed E-state index contributed by atoms with van der Waals surface area (Å²) < 4.78 is 6.95. The zero-order valence-corrected chi connectivity index (χ0v) is 44.8. The van der Waals surface area contributed by atoms with Gasteiger partial charge in [0.25, 0.3) is 0 Å². The van der Waals surface area contributed by atoms with Crippen LogP contribution in [0, 0.1) is 0 Å². The highest BCUT2D eigenvalue weighted by Gasteiger charge is 2.24. The van der Waals surface area contributed by atoms with Crippen molar-refractivity contribution in [2.24, 2.45) is 0 Å². The van der Waals surface area contributed by atoms with Crippen LogP contribution < -0.4 is 9.80 Å². The van der Waals surface area contributed by atoms with E-state index in [-0.39, 0.29) is 5.41 Å². The molecule has 0 bridgehead atoms. The first-order valence-corrected chi connectivity index (χ1v) is 27.3. The maximum atomic E-state index is 6.95. The molecule has 0 N–H and O–H groups in total. The van der Waals surface area contributed by atoms with Crippen LogP contribution in [0.3, 0.4) is 0 Å². The third kappa shape index (κ3) is 8.97. The summed E-state index contributed by atoms with van der Waals surface area (Å²) in [5, 5.41) is 6.70. The maximum absolute atomic E-state index is 6.95. The van der Waals surface area contributed by atoms with E-state index in [1.165, 1.54) is 22.3 Å². The second-order valence-corrected chi connectivity index (χ2v) is 21.9. The van der Waals surface area contributed by atoms with E-state index < -0.39 is 0 Å². The molecule has 13 aromatic rings. The number of nitrogens with zero attached hydrogens (tertiary/aromatic N) is 2. The molecule has 0 aliphatic carbocycles. The lowest BCUT2D eigenvalue weighted by Crippen LogP contribution is -2.13. The van der Waals surface area contributed by atoms with Gasteiger partial charge in [0.15, 0.2) is 0 Å². The van der Waals surface area contributed by atoms with Gasteiger partial charge in [0.1, 0.15) is 11.2 Å². The van der Waals surface area contributed by atoms with E-state index in [9.17, 15) is 0 Å². The molecule has 13 rings (SSSR count). The first-order chi connectivity index (χ1) is 38.1. The number of hydrogen-bond acceptors (Lipinski definition) is 3. The quantitative estimate of drug-likeness (QED) is 0.129. The molecule has 0 aliphatic heterocycles. The summed E-state index contributed by atoms with van der Waals surface area (Å²) in [6, 6.07) is 97.5. The Hall–Kier alpha value is -9.44. The van der Waals surface area contributed by atoms with Gasteiger partial charge in [0.2, 0.25) is 0 Å². The van der Waals surface area contributed by atoms with Gasteiger partial charge in [-0.2, -0.15) is 0 Å². The minimum absolute atomic E-state index is 0.0546. The molecule has 0 amide bonds. The van der Waals surface area contributed by atoms with Crippen LogP contribution in [0.4, 0.5) is 34.1 Å². The lowest BCUT2D eigenvalue weighted by molar-refractivity contribution is 0.590. The second kappa shape index (κ2) is 19.9. The molecular weight excluding hydrogens is 945 g/mol. The fourth-order valence-electron chi connectivity index (χ4n) is 11.4. The lowest BCUT2D eigenvalue weighted by atomic mass is 9.86. The lowest BCUT2D eigenvalue weighted by Gasteiger charge is -2.30. The van der Waals surface area contributed by atoms with Crippen LogP contribution in [0.25, 0.3) is 88.0 Å². The fourth-order valence-corrected chi connectivity index (χ4v) is 11.4. The van der Waals surface area contributed by atoms with Crippen molar-refractivity contribution < 1.29 is 4.42 Å².